The van der Waals surface area contributed by atoms with Crippen molar-refractivity contribution in [2.45, 2.75) is 39.7 Å². The quantitative estimate of drug-likeness (QED) is 0.186. The van der Waals surface area contributed by atoms with Crippen molar-refractivity contribution in [1.29, 1.82) is 0 Å². The Labute approximate surface area is 243 Å². The van der Waals surface area contributed by atoms with Crippen molar-refractivity contribution in [3.8, 4) is 5.69 Å². The average molecular weight is 595 g/mol. The molecule has 40 heavy (non-hydrogen) atoms. The lowest BCUT2D eigenvalue weighted by Crippen LogP contribution is -2.39. The molecule has 0 bridgehead atoms. The lowest BCUT2D eigenvalue weighted by molar-refractivity contribution is 0.0661. The molecule has 5 rings (SSSR count). The lowest BCUT2D eigenvalue weighted by atomic mass is 10.0. The Hall–Kier alpha value is -4.03. The minimum absolute atomic E-state index is 0.0990. The maximum Gasteiger partial charge on any atom is 0.266 e. The average Bonchev–Trinajstić information content (AvgIpc) is 2.97. The van der Waals surface area contributed by atoms with Crippen molar-refractivity contribution in [2.75, 3.05) is 6.54 Å². The lowest BCUT2D eigenvalue weighted by Gasteiger charge is -2.33. The zero-order valence-corrected chi connectivity index (χ0v) is 24.6. The standard InChI is InChI=1S/C34H32BrN3O2/c1-4-31(37(20-19-25-11-6-5-7-12-25)33(39)26-13-10-14-27(35)22-26)32-36-30-16-9-8-15-29(30)34(40)38(32)28-18-17-23(2)24(3)21-28/h5-18,21-22,31H,4,19-20H2,1-3H3. The topological polar surface area (TPSA) is 55.2 Å². The van der Waals surface area contributed by atoms with E-state index in [4.69, 9.17) is 4.98 Å². The second-order valence-corrected chi connectivity index (χ2v) is 11.0. The molecule has 5 aromatic rings. The number of nitrogens with zero attached hydrogens (tertiary/aromatic N) is 3. The summed E-state index contributed by atoms with van der Waals surface area (Å²) in [6.07, 6.45) is 1.27. The van der Waals surface area contributed by atoms with E-state index in [9.17, 15) is 9.59 Å². The van der Waals surface area contributed by atoms with Gasteiger partial charge in [0.05, 0.1) is 22.6 Å². The molecule has 0 fully saturated rings. The Morgan fingerprint density at radius 1 is 0.900 bits per heavy atom. The molecule has 1 unspecified atom stereocenters. The zero-order valence-electron chi connectivity index (χ0n) is 23.0. The number of halogens is 1. The number of hydrogen-bond donors (Lipinski definition) is 0. The van der Waals surface area contributed by atoms with Gasteiger partial charge in [0.25, 0.3) is 11.5 Å². The number of carbonyl (C=O) groups excluding carboxylic acids is 1. The number of benzene rings is 4. The number of fused-ring (bicyclic) bond motifs is 1. The third kappa shape index (κ3) is 5.63. The second kappa shape index (κ2) is 12.0. The second-order valence-electron chi connectivity index (χ2n) is 10.1. The molecule has 202 valence electrons. The zero-order chi connectivity index (χ0) is 28.2. The molecule has 1 amide bonds. The molecule has 0 aliphatic heterocycles. The number of amides is 1. The summed E-state index contributed by atoms with van der Waals surface area (Å²) in [7, 11) is 0. The van der Waals surface area contributed by atoms with Gasteiger partial charge in [0.1, 0.15) is 5.82 Å². The van der Waals surface area contributed by atoms with Crippen LogP contribution in [0.15, 0.2) is 106 Å². The van der Waals surface area contributed by atoms with Crippen molar-refractivity contribution in [1.82, 2.24) is 14.5 Å². The van der Waals surface area contributed by atoms with Crippen molar-refractivity contribution in [2.24, 2.45) is 0 Å². The molecule has 0 aliphatic rings. The summed E-state index contributed by atoms with van der Waals surface area (Å²) in [6.45, 7) is 6.61. The van der Waals surface area contributed by atoms with Gasteiger partial charge >= 0.3 is 0 Å². The number of para-hydroxylation sites is 1. The van der Waals surface area contributed by atoms with Crippen LogP contribution in [-0.2, 0) is 6.42 Å². The van der Waals surface area contributed by atoms with Crippen LogP contribution in [0, 0.1) is 13.8 Å². The minimum atomic E-state index is -0.436. The summed E-state index contributed by atoms with van der Waals surface area (Å²) in [5.41, 5.74) is 5.19. The minimum Gasteiger partial charge on any atom is -0.328 e. The van der Waals surface area contributed by atoms with Gasteiger partial charge in [-0.05, 0) is 85.8 Å². The molecule has 0 spiro atoms. The predicted octanol–water partition coefficient (Wildman–Crippen LogP) is 7.60. The first-order valence-corrected chi connectivity index (χ1v) is 14.4. The molecule has 0 saturated carbocycles. The fraction of sp³-hybridized carbons (Fsp3) is 0.206. The number of hydrogen-bond acceptors (Lipinski definition) is 3. The summed E-state index contributed by atoms with van der Waals surface area (Å²) < 4.78 is 2.54. The summed E-state index contributed by atoms with van der Waals surface area (Å²) in [4.78, 5) is 35.2. The number of carbonyl (C=O) groups is 1. The van der Waals surface area contributed by atoms with Crippen molar-refractivity contribution < 1.29 is 4.79 Å². The van der Waals surface area contributed by atoms with Gasteiger partial charge < -0.3 is 4.90 Å². The van der Waals surface area contributed by atoms with Gasteiger partial charge in [-0.1, -0.05) is 77.5 Å². The predicted molar refractivity (Wildman–Crippen MR) is 165 cm³/mol. The highest BCUT2D eigenvalue weighted by atomic mass is 79.9. The molecular formula is C34H32BrN3O2. The van der Waals surface area contributed by atoms with Crippen molar-refractivity contribution in [3.05, 3.63) is 140 Å². The van der Waals surface area contributed by atoms with E-state index < -0.39 is 6.04 Å². The van der Waals surface area contributed by atoms with Crippen LogP contribution in [0.25, 0.3) is 16.6 Å². The van der Waals surface area contributed by atoms with E-state index in [0.29, 0.717) is 41.7 Å². The molecule has 0 saturated heterocycles. The maximum atomic E-state index is 14.2. The number of aromatic nitrogens is 2. The Balaban J connectivity index is 1.70. The molecule has 0 N–H and O–H groups in total. The molecule has 4 aromatic carbocycles. The van der Waals surface area contributed by atoms with E-state index in [0.717, 1.165) is 26.9 Å². The van der Waals surface area contributed by atoms with Gasteiger partial charge in [0.15, 0.2) is 0 Å². The van der Waals surface area contributed by atoms with Gasteiger partial charge in [-0.2, -0.15) is 0 Å². The smallest absolute Gasteiger partial charge is 0.266 e. The molecule has 1 heterocycles. The first-order valence-electron chi connectivity index (χ1n) is 13.6. The van der Waals surface area contributed by atoms with E-state index in [-0.39, 0.29) is 11.5 Å². The van der Waals surface area contributed by atoms with Gasteiger partial charge in [-0.15, -0.1) is 0 Å². The van der Waals surface area contributed by atoms with Gasteiger partial charge in [0.2, 0.25) is 0 Å². The van der Waals surface area contributed by atoms with Crippen LogP contribution in [0.2, 0.25) is 0 Å². The van der Waals surface area contributed by atoms with Crippen LogP contribution < -0.4 is 5.56 Å². The van der Waals surface area contributed by atoms with E-state index in [2.05, 4.69) is 35.0 Å². The molecule has 6 heteroatoms. The van der Waals surface area contributed by atoms with Crippen LogP contribution in [0.1, 0.15) is 52.3 Å². The molecule has 5 nitrogen and oxygen atoms in total. The van der Waals surface area contributed by atoms with Crippen LogP contribution >= 0.6 is 15.9 Å². The molecule has 1 aromatic heterocycles. The van der Waals surface area contributed by atoms with Gasteiger partial charge in [-0.3, -0.25) is 14.2 Å². The number of aryl methyl sites for hydroxylation is 2. The maximum absolute atomic E-state index is 14.2. The molecule has 1 atom stereocenters. The van der Waals surface area contributed by atoms with Gasteiger partial charge in [0, 0.05) is 16.6 Å². The Kier molecular flexibility index (Phi) is 8.27. The first kappa shape index (κ1) is 27.5. The van der Waals surface area contributed by atoms with Crippen LogP contribution in [0.3, 0.4) is 0 Å². The number of rotatable bonds is 8. The SMILES string of the molecule is CCC(c1nc2ccccc2c(=O)n1-c1ccc(C)c(C)c1)N(CCc1ccccc1)C(=O)c1cccc(Br)c1. The highest BCUT2D eigenvalue weighted by molar-refractivity contribution is 9.10. The van der Waals surface area contributed by atoms with E-state index >= 15 is 0 Å². The van der Waals surface area contributed by atoms with E-state index in [1.54, 1.807) is 4.57 Å². The first-order chi connectivity index (χ1) is 19.4. The molecular weight excluding hydrogens is 562 g/mol. The van der Waals surface area contributed by atoms with Crippen LogP contribution in [0.5, 0.6) is 0 Å². The highest BCUT2D eigenvalue weighted by Crippen LogP contribution is 2.29. The Morgan fingerprint density at radius 2 is 1.65 bits per heavy atom. The third-order valence-corrected chi connectivity index (χ3v) is 7.92. The van der Waals surface area contributed by atoms with Crippen LogP contribution in [0.4, 0.5) is 0 Å². The summed E-state index contributed by atoms with van der Waals surface area (Å²) in [6, 6.07) is 30.6. The highest BCUT2D eigenvalue weighted by Gasteiger charge is 2.30. The van der Waals surface area contributed by atoms with Crippen molar-refractivity contribution >= 4 is 32.7 Å². The molecule has 0 radical (unpaired) electrons. The Morgan fingerprint density at radius 3 is 2.38 bits per heavy atom. The third-order valence-electron chi connectivity index (χ3n) is 7.43. The molecule has 0 aliphatic carbocycles. The fourth-order valence-corrected chi connectivity index (χ4v) is 5.51. The fourth-order valence-electron chi connectivity index (χ4n) is 5.11. The normalized spacial score (nSPS) is 11.9. The van der Waals surface area contributed by atoms with Crippen molar-refractivity contribution in [3.63, 3.8) is 0 Å². The monoisotopic (exact) mass is 593 g/mol. The van der Waals surface area contributed by atoms with Gasteiger partial charge in [-0.25, -0.2) is 4.98 Å². The Bertz CT molecular complexity index is 1730. The summed E-state index contributed by atoms with van der Waals surface area (Å²) in [5, 5.41) is 0.550. The summed E-state index contributed by atoms with van der Waals surface area (Å²) in [5.74, 6) is 0.462. The largest absolute Gasteiger partial charge is 0.328 e. The van der Waals surface area contributed by atoms with E-state index in [1.165, 1.54) is 0 Å². The van der Waals surface area contributed by atoms with Crippen LogP contribution in [-0.4, -0.2) is 26.9 Å². The van der Waals surface area contributed by atoms with E-state index in [1.807, 2.05) is 104 Å². The summed E-state index contributed by atoms with van der Waals surface area (Å²) >= 11 is 3.52.